The maximum atomic E-state index is 12.6. The first-order valence-corrected chi connectivity index (χ1v) is 9.58. The van der Waals surface area contributed by atoms with E-state index < -0.39 is 0 Å². The van der Waals surface area contributed by atoms with Gasteiger partial charge in [0.25, 0.3) is 0 Å². The highest BCUT2D eigenvalue weighted by Gasteiger charge is 2.14. The van der Waals surface area contributed by atoms with Crippen LogP contribution in [0, 0.1) is 0 Å². The van der Waals surface area contributed by atoms with Crippen LogP contribution >= 0.6 is 0 Å². The standard InChI is InChI=1S/C22H26N4O3/c1-3-28-20-7-5-4-6-16(20)14-22(27)25-17-8-9-21(29-13-11-23)18(15-17)19-10-12-24-26(19)2/h4-10,12,15H,3,11,13-14,23H2,1-2H3,(H,25,27). The SMILES string of the molecule is CCOc1ccccc1CC(=O)Nc1ccc(OCCN)c(-c2ccnn2C)c1. The van der Waals surface area contributed by atoms with Crippen molar-refractivity contribution >= 4 is 11.6 Å². The van der Waals surface area contributed by atoms with E-state index in [1.807, 2.05) is 62.5 Å². The Morgan fingerprint density at radius 2 is 1.97 bits per heavy atom. The number of benzene rings is 2. The Morgan fingerprint density at radius 3 is 2.69 bits per heavy atom. The molecule has 0 spiro atoms. The van der Waals surface area contributed by atoms with Gasteiger partial charge in [-0.3, -0.25) is 9.48 Å². The molecule has 7 nitrogen and oxygen atoms in total. The van der Waals surface area contributed by atoms with Crippen LogP contribution in [0.3, 0.4) is 0 Å². The summed E-state index contributed by atoms with van der Waals surface area (Å²) in [7, 11) is 1.86. The molecule has 0 atom stereocenters. The summed E-state index contributed by atoms with van der Waals surface area (Å²) in [4.78, 5) is 12.6. The zero-order valence-electron chi connectivity index (χ0n) is 16.7. The smallest absolute Gasteiger partial charge is 0.228 e. The molecule has 0 aliphatic carbocycles. The summed E-state index contributed by atoms with van der Waals surface area (Å²) < 4.78 is 13.1. The van der Waals surface area contributed by atoms with E-state index in [4.69, 9.17) is 15.2 Å². The highest BCUT2D eigenvalue weighted by Crippen LogP contribution is 2.32. The van der Waals surface area contributed by atoms with Crippen molar-refractivity contribution in [2.75, 3.05) is 25.1 Å². The van der Waals surface area contributed by atoms with Gasteiger partial charge in [-0.1, -0.05) is 18.2 Å². The molecule has 0 aliphatic heterocycles. The van der Waals surface area contributed by atoms with Crippen LogP contribution in [-0.2, 0) is 18.3 Å². The topological polar surface area (TPSA) is 91.4 Å². The first-order chi connectivity index (χ1) is 14.1. The Hall–Kier alpha value is -3.32. The number of hydrogen-bond acceptors (Lipinski definition) is 5. The predicted molar refractivity (Wildman–Crippen MR) is 113 cm³/mol. The molecule has 0 aliphatic rings. The summed E-state index contributed by atoms with van der Waals surface area (Å²) >= 11 is 0. The van der Waals surface area contributed by atoms with Crippen molar-refractivity contribution in [2.24, 2.45) is 12.8 Å². The molecule has 29 heavy (non-hydrogen) atoms. The molecular formula is C22H26N4O3. The maximum absolute atomic E-state index is 12.6. The van der Waals surface area contributed by atoms with E-state index in [1.165, 1.54) is 0 Å². The van der Waals surface area contributed by atoms with Crippen LogP contribution in [0.5, 0.6) is 11.5 Å². The quantitative estimate of drug-likeness (QED) is 0.582. The second-order valence-corrected chi connectivity index (χ2v) is 6.45. The molecule has 1 aromatic heterocycles. The number of carbonyl (C=O) groups is 1. The Kier molecular flexibility index (Phi) is 6.86. The number of carbonyl (C=O) groups excluding carboxylic acids is 1. The third kappa shape index (κ3) is 5.14. The normalized spacial score (nSPS) is 10.6. The average Bonchev–Trinajstić information content (AvgIpc) is 3.14. The lowest BCUT2D eigenvalue weighted by Gasteiger charge is -2.14. The van der Waals surface area contributed by atoms with Gasteiger partial charge >= 0.3 is 0 Å². The third-order valence-electron chi connectivity index (χ3n) is 4.36. The van der Waals surface area contributed by atoms with Crippen molar-refractivity contribution in [1.29, 1.82) is 0 Å². The summed E-state index contributed by atoms with van der Waals surface area (Å²) in [6.45, 7) is 3.30. The number of anilines is 1. The fourth-order valence-corrected chi connectivity index (χ4v) is 3.07. The number of para-hydroxylation sites is 1. The maximum Gasteiger partial charge on any atom is 0.228 e. The number of nitrogens with zero attached hydrogens (tertiary/aromatic N) is 2. The summed E-state index contributed by atoms with van der Waals surface area (Å²) in [5.41, 5.74) is 8.82. The molecule has 0 fully saturated rings. The molecule has 152 valence electrons. The van der Waals surface area contributed by atoms with Gasteiger partial charge < -0.3 is 20.5 Å². The molecule has 0 radical (unpaired) electrons. The number of hydrogen-bond donors (Lipinski definition) is 2. The van der Waals surface area contributed by atoms with Crippen molar-refractivity contribution in [3.05, 3.63) is 60.3 Å². The van der Waals surface area contributed by atoms with Crippen LogP contribution in [0.2, 0.25) is 0 Å². The average molecular weight is 394 g/mol. The highest BCUT2D eigenvalue weighted by molar-refractivity contribution is 5.93. The van der Waals surface area contributed by atoms with Crippen molar-refractivity contribution in [1.82, 2.24) is 9.78 Å². The van der Waals surface area contributed by atoms with Gasteiger partial charge in [0.15, 0.2) is 0 Å². The van der Waals surface area contributed by atoms with E-state index in [-0.39, 0.29) is 12.3 Å². The Labute approximate surface area is 170 Å². The fourth-order valence-electron chi connectivity index (χ4n) is 3.07. The minimum atomic E-state index is -0.122. The molecular weight excluding hydrogens is 368 g/mol. The Bertz CT molecular complexity index is 968. The molecule has 1 heterocycles. The van der Waals surface area contributed by atoms with Crippen molar-refractivity contribution < 1.29 is 14.3 Å². The van der Waals surface area contributed by atoms with E-state index in [1.54, 1.807) is 10.9 Å². The summed E-state index contributed by atoms with van der Waals surface area (Å²) in [5, 5.41) is 7.18. The second-order valence-electron chi connectivity index (χ2n) is 6.45. The second kappa shape index (κ2) is 9.75. The van der Waals surface area contributed by atoms with E-state index >= 15 is 0 Å². The van der Waals surface area contributed by atoms with Crippen LogP contribution in [-0.4, -0.2) is 35.4 Å². The van der Waals surface area contributed by atoms with Gasteiger partial charge in [-0.2, -0.15) is 5.10 Å². The minimum Gasteiger partial charge on any atom is -0.494 e. The van der Waals surface area contributed by atoms with Crippen LogP contribution in [0.1, 0.15) is 12.5 Å². The van der Waals surface area contributed by atoms with Crippen molar-refractivity contribution in [3.63, 3.8) is 0 Å². The predicted octanol–water partition coefficient (Wildman–Crippen LogP) is 3.00. The lowest BCUT2D eigenvalue weighted by atomic mass is 10.1. The molecule has 0 saturated heterocycles. The van der Waals surface area contributed by atoms with Gasteiger partial charge in [-0.15, -0.1) is 0 Å². The Morgan fingerprint density at radius 1 is 1.14 bits per heavy atom. The molecule has 0 saturated carbocycles. The summed E-state index contributed by atoms with van der Waals surface area (Å²) in [6, 6.07) is 15.0. The van der Waals surface area contributed by atoms with Gasteiger partial charge in [-0.05, 0) is 37.3 Å². The highest BCUT2D eigenvalue weighted by atomic mass is 16.5. The molecule has 7 heteroatoms. The number of ether oxygens (including phenoxy) is 2. The van der Waals surface area contributed by atoms with Gasteiger partial charge in [0.1, 0.15) is 18.1 Å². The molecule has 3 aromatic rings. The number of amides is 1. The molecule has 0 bridgehead atoms. The lowest BCUT2D eigenvalue weighted by molar-refractivity contribution is -0.115. The monoisotopic (exact) mass is 394 g/mol. The van der Waals surface area contributed by atoms with Gasteiger partial charge in [0.2, 0.25) is 5.91 Å². The number of aromatic nitrogens is 2. The molecule has 2 aromatic carbocycles. The van der Waals surface area contributed by atoms with Crippen LogP contribution in [0.4, 0.5) is 5.69 Å². The third-order valence-corrected chi connectivity index (χ3v) is 4.36. The van der Waals surface area contributed by atoms with Gasteiger partial charge in [-0.25, -0.2) is 0 Å². The zero-order valence-corrected chi connectivity index (χ0v) is 16.7. The van der Waals surface area contributed by atoms with Gasteiger partial charge in [0, 0.05) is 36.6 Å². The first-order valence-electron chi connectivity index (χ1n) is 9.58. The first kappa shape index (κ1) is 20.4. The largest absolute Gasteiger partial charge is 0.494 e. The van der Waals surface area contributed by atoms with E-state index in [9.17, 15) is 4.79 Å². The van der Waals surface area contributed by atoms with Crippen LogP contribution in [0.15, 0.2) is 54.7 Å². The van der Waals surface area contributed by atoms with Crippen LogP contribution < -0.4 is 20.5 Å². The van der Waals surface area contributed by atoms with E-state index in [0.717, 1.165) is 22.6 Å². The van der Waals surface area contributed by atoms with Crippen LogP contribution in [0.25, 0.3) is 11.3 Å². The zero-order chi connectivity index (χ0) is 20.6. The molecule has 3 rings (SSSR count). The van der Waals surface area contributed by atoms with E-state index in [2.05, 4.69) is 10.4 Å². The number of nitrogens with two attached hydrogens (primary N) is 1. The van der Waals surface area contributed by atoms with Gasteiger partial charge in [0.05, 0.1) is 18.7 Å². The number of rotatable bonds is 9. The fraction of sp³-hybridized carbons (Fsp3) is 0.273. The van der Waals surface area contributed by atoms with Crippen molar-refractivity contribution in [3.8, 4) is 22.8 Å². The Balaban J connectivity index is 1.80. The van der Waals surface area contributed by atoms with Crippen molar-refractivity contribution in [2.45, 2.75) is 13.3 Å². The minimum absolute atomic E-state index is 0.122. The summed E-state index contributed by atoms with van der Waals surface area (Å²) in [6.07, 6.45) is 1.95. The number of nitrogens with one attached hydrogen (secondary N) is 1. The lowest BCUT2D eigenvalue weighted by Crippen LogP contribution is -2.15. The number of aryl methyl sites for hydroxylation is 1. The molecule has 1 amide bonds. The van der Waals surface area contributed by atoms with E-state index in [0.29, 0.717) is 31.2 Å². The summed E-state index contributed by atoms with van der Waals surface area (Å²) in [5.74, 6) is 1.30. The molecule has 3 N–H and O–H groups in total. The molecule has 0 unspecified atom stereocenters.